The molecule has 0 aliphatic heterocycles. The third-order valence-corrected chi connectivity index (χ3v) is 3.24. The average Bonchev–Trinajstić information content (AvgIpc) is 3.04. The summed E-state index contributed by atoms with van der Waals surface area (Å²) in [6.07, 6.45) is 1.54. The second-order valence-corrected chi connectivity index (χ2v) is 5.14. The molecule has 0 amide bonds. The van der Waals surface area contributed by atoms with E-state index in [9.17, 15) is 4.79 Å². The van der Waals surface area contributed by atoms with Crippen LogP contribution in [0.5, 0.6) is 0 Å². The monoisotopic (exact) mass is 345 g/mol. The molecule has 0 fully saturated rings. The second-order valence-electron chi connectivity index (χ2n) is 4.73. The van der Waals surface area contributed by atoms with Gasteiger partial charge in [-0.1, -0.05) is 12.1 Å². The number of nitrogens with one attached hydrogen (secondary N) is 2. The van der Waals surface area contributed by atoms with Crippen LogP contribution in [-0.2, 0) is 4.74 Å². The van der Waals surface area contributed by atoms with Crippen LogP contribution in [0.15, 0.2) is 45.9 Å². The van der Waals surface area contributed by atoms with E-state index in [4.69, 9.17) is 21.4 Å². The van der Waals surface area contributed by atoms with Gasteiger partial charge in [-0.15, -0.1) is 0 Å². The Kier molecular flexibility index (Phi) is 6.51. The van der Waals surface area contributed by atoms with Crippen molar-refractivity contribution < 1.29 is 13.9 Å². The van der Waals surface area contributed by atoms with Crippen LogP contribution in [0.1, 0.15) is 30.0 Å². The van der Waals surface area contributed by atoms with E-state index < -0.39 is 0 Å². The van der Waals surface area contributed by atoms with Crippen molar-refractivity contribution in [1.82, 2.24) is 10.7 Å². The van der Waals surface area contributed by atoms with E-state index in [0.717, 1.165) is 12.1 Å². The fraction of sp³-hybridized carbons (Fsp3) is 0.235. The van der Waals surface area contributed by atoms with Gasteiger partial charge in [-0.2, -0.15) is 5.10 Å². The number of furan rings is 1. The summed E-state index contributed by atoms with van der Waals surface area (Å²) in [5.41, 5.74) is 4.06. The molecule has 24 heavy (non-hydrogen) atoms. The molecule has 0 aliphatic rings. The maximum absolute atomic E-state index is 11.6. The summed E-state index contributed by atoms with van der Waals surface area (Å²) in [5.74, 6) is 0.937. The van der Waals surface area contributed by atoms with E-state index in [1.165, 1.54) is 0 Å². The first-order valence-electron chi connectivity index (χ1n) is 7.58. The van der Waals surface area contributed by atoms with Gasteiger partial charge in [0.1, 0.15) is 11.5 Å². The van der Waals surface area contributed by atoms with Crippen LogP contribution >= 0.6 is 12.2 Å². The number of carbonyl (C=O) groups excluding carboxylic acids is 1. The van der Waals surface area contributed by atoms with Crippen molar-refractivity contribution in [2.75, 3.05) is 13.2 Å². The highest BCUT2D eigenvalue weighted by molar-refractivity contribution is 7.80. The fourth-order valence-corrected chi connectivity index (χ4v) is 2.11. The second kappa shape index (κ2) is 8.83. The first kappa shape index (κ1) is 17.7. The molecular formula is C17H19N3O3S. The first-order valence-corrected chi connectivity index (χ1v) is 7.99. The Hall–Kier alpha value is -2.67. The van der Waals surface area contributed by atoms with Crippen molar-refractivity contribution >= 4 is 29.5 Å². The van der Waals surface area contributed by atoms with Gasteiger partial charge in [0.05, 0.1) is 18.4 Å². The Morgan fingerprint density at radius 2 is 2.00 bits per heavy atom. The molecule has 2 N–H and O–H groups in total. The third-order valence-electron chi connectivity index (χ3n) is 3.00. The minimum Gasteiger partial charge on any atom is -0.462 e. The Labute approximate surface area is 145 Å². The number of thiocarbonyl (C=S) groups is 1. The van der Waals surface area contributed by atoms with E-state index in [-0.39, 0.29) is 5.97 Å². The predicted molar refractivity (Wildman–Crippen MR) is 97.1 cm³/mol. The molecule has 1 aromatic carbocycles. The van der Waals surface area contributed by atoms with Crippen molar-refractivity contribution in [3.05, 3.63) is 47.7 Å². The molecule has 2 aromatic rings. The molecule has 0 atom stereocenters. The maximum Gasteiger partial charge on any atom is 0.338 e. The van der Waals surface area contributed by atoms with E-state index >= 15 is 0 Å². The number of nitrogens with zero attached hydrogens (tertiary/aromatic N) is 1. The van der Waals surface area contributed by atoms with E-state index in [1.54, 1.807) is 31.3 Å². The normalized spacial score (nSPS) is 10.6. The highest BCUT2D eigenvalue weighted by Gasteiger charge is 2.08. The lowest BCUT2D eigenvalue weighted by Crippen LogP contribution is -2.31. The fourth-order valence-electron chi connectivity index (χ4n) is 1.92. The van der Waals surface area contributed by atoms with Crippen LogP contribution in [0.25, 0.3) is 11.3 Å². The molecule has 2 rings (SSSR count). The molecule has 0 bridgehead atoms. The zero-order chi connectivity index (χ0) is 17.4. The van der Waals surface area contributed by atoms with E-state index in [0.29, 0.717) is 28.8 Å². The van der Waals surface area contributed by atoms with Crippen LogP contribution in [-0.4, -0.2) is 30.4 Å². The highest BCUT2D eigenvalue weighted by Crippen LogP contribution is 2.22. The first-order chi connectivity index (χ1) is 11.6. The summed E-state index contributed by atoms with van der Waals surface area (Å²) in [5, 5.41) is 7.37. The molecule has 7 heteroatoms. The van der Waals surface area contributed by atoms with Gasteiger partial charge >= 0.3 is 5.97 Å². The molecule has 0 aliphatic carbocycles. The molecule has 1 heterocycles. The highest BCUT2D eigenvalue weighted by atomic mass is 32.1. The third kappa shape index (κ3) is 4.92. The van der Waals surface area contributed by atoms with Crippen LogP contribution in [0, 0.1) is 0 Å². The lowest BCUT2D eigenvalue weighted by atomic mass is 10.1. The Morgan fingerprint density at radius 1 is 1.25 bits per heavy atom. The number of rotatable bonds is 6. The largest absolute Gasteiger partial charge is 0.462 e. The summed E-state index contributed by atoms with van der Waals surface area (Å²) < 4.78 is 10.6. The van der Waals surface area contributed by atoms with Crippen molar-refractivity contribution in [3.8, 4) is 11.3 Å². The molecule has 1 aromatic heterocycles. The van der Waals surface area contributed by atoms with Crippen LogP contribution < -0.4 is 10.7 Å². The van der Waals surface area contributed by atoms with Gasteiger partial charge in [0.2, 0.25) is 0 Å². The lowest BCUT2D eigenvalue weighted by molar-refractivity contribution is 0.0526. The molecule has 0 saturated heterocycles. The number of esters is 1. The Bertz CT molecular complexity index is 723. The van der Waals surface area contributed by atoms with Gasteiger partial charge in [0, 0.05) is 12.1 Å². The van der Waals surface area contributed by atoms with Gasteiger partial charge < -0.3 is 14.5 Å². The van der Waals surface area contributed by atoms with Crippen LogP contribution in [0.2, 0.25) is 0 Å². The van der Waals surface area contributed by atoms with Gasteiger partial charge in [0.25, 0.3) is 0 Å². The maximum atomic E-state index is 11.6. The van der Waals surface area contributed by atoms with Crippen LogP contribution in [0.4, 0.5) is 0 Å². The number of hydrogen-bond donors (Lipinski definition) is 2. The standard InChI is InChI=1S/C17H19N3O3S/c1-3-18-17(24)20-19-11-14-9-10-15(23-14)12-5-7-13(8-6-12)16(21)22-4-2/h5-11H,3-4H2,1-2H3,(H2,18,20,24)/b19-11-. The number of benzene rings is 1. The molecule has 0 radical (unpaired) electrons. The summed E-state index contributed by atoms with van der Waals surface area (Å²) in [4.78, 5) is 11.6. The number of carbonyl (C=O) groups is 1. The van der Waals surface area contributed by atoms with Crippen molar-refractivity contribution in [2.45, 2.75) is 13.8 Å². The minimum absolute atomic E-state index is 0.334. The summed E-state index contributed by atoms with van der Waals surface area (Å²) in [7, 11) is 0. The lowest BCUT2D eigenvalue weighted by Gasteiger charge is -2.02. The molecular weight excluding hydrogens is 326 g/mol. The van der Waals surface area contributed by atoms with Gasteiger partial charge in [0.15, 0.2) is 5.11 Å². The zero-order valence-corrected chi connectivity index (χ0v) is 14.4. The Morgan fingerprint density at radius 3 is 2.67 bits per heavy atom. The number of hydrogen-bond acceptors (Lipinski definition) is 5. The zero-order valence-electron chi connectivity index (χ0n) is 13.5. The summed E-state index contributed by atoms with van der Waals surface area (Å²) in [6, 6.07) is 10.7. The molecule has 6 nitrogen and oxygen atoms in total. The van der Waals surface area contributed by atoms with Crippen LogP contribution in [0.3, 0.4) is 0 Å². The molecule has 0 spiro atoms. The summed E-state index contributed by atoms with van der Waals surface area (Å²) in [6.45, 7) is 4.81. The van der Waals surface area contributed by atoms with E-state index in [2.05, 4.69) is 15.8 Å². The van der Waals surface area contributed by atoms with Crippen molar-refractivity contribution in [3.63, 3.8) is 0 Å². The number of ether oxygens (including phenoxy) is 1. The Balaban J connectivity index is 2.01. The van der Waals surface area contributed by atoms with Gasteiger partial charge in [-0.25, -0.2) is 4.79 Å². The van der Waals surface area contributed by atoms with E-state index in [1.807, 2.05) is 25.1 Å². The quantitative estimate of drug-likeness (QED) is 0.363. The average molecular weight is 345 g/mol. The SMILES string of the molecule is CCNC(=S)N/N=C\c1ccc(-c2ccc(C(=O)OCC)cc2)o1. The molecule has 0 unspecified atom stereocenters. The smallest absolute Gasteiger partial charge is 0.338 e. The van der Waals surface area contributed by atoms with Gasteiger partial charge in [-0.3, -0.25) is 5.43 Å². The molecule has 0 saturated carbocycles. The van der Waals surface area contributed by atoms with Crippen molar-refractivity contribution in [2.24, 2.45) is 5.10 Å². The topological polar surface area (TPSA) is 75.9 Å². The number of hydrazone groups is 1. The predicted octanol–water partition coefficient (Wildman–Crippen LogP) is 2.94. The van der Waals surface area contributed by atoms with Crippen molar-refractivity contribution in [1.29, 1.82) is 0 Å². The minimum atomic E-state index is -0.334. The molecule has 126 valence electrons. The summed E-state index contributed by atoms with van der Waals surface area (Å²) >= 11 is 5.00. The van der Waals surface area contributed by atoms with Gasteiger partial charge in [-0.05, 0) is 50.3 Å².